The van der Waals surface area contributed by atoms with E-state index in [9.17, 15) is 19.5 Å². The predicted molar refractivity (Wildman–Crippen MR) is 129 cm³/mol. The van der Waals surface area contributed by atoms with Gasteiger partial charge in [0.15, 0.2) is 0 Å². The molecule has 1 aromatic heterocycles. The average molecular weight is 474 g/mol. The van der Waals surface area contributed by atoms with Crippen LogP contribution in [0.25, 0.3) is 11.1 Å². The summed E-state index contributed by atoms with van der Waals surface area (Å²) >= 11 is 0. The molecule has 5 rings (SSSR count). The number of nitrogens with one attached hydrogen (secondary N) is 2. The van der Waals surface area contributed by atoms with Gasteiger partial charge in [-0.05, 0) is 40.8 Å². The van der Waals surface area contributed by atoms with Crippen LogP contribution in [0.5, 0.6) is 0 Å². The molecular weight excluding hydrogens is 446 g/mol. The minimum absolute atomic E-state index is 0.0828. The lowest BCUT2D eigenvalue weighted by molar-refractivity contribution is -0.141. The maximum absolute atomic E-state index is 13.2. The molecule has 180 valence electrons. The van der Waals surface area contributed by atoms with Gasteiger partial charge in [0.25, 0.3) is 0 Å². The molecule has 0 saturated carbocycles. The second-order valence-corrected chi connectivity index (χ2v) is 9.03. The quantitative estimate of drug-likeness (QED) is 0.487. The summed E-state index contributed by atoms with van der Waals surface area (Å²) in [6.07, 6.45) is 1.73. The first-order valence-corrected chi connectivity index (χ1v) is 11.8. The third-order valence-electron chi connectivity index (χ3n) is 6.87. The Morgan fingerprint density at radius 3 is 2.31 bits per heavy atom. The SMILES string of the molecule is O=C(NC(Cc1ccc[nH]1)C(=O)N1CCC(C(=O)O)C1)OCC1c2ccccc2-c2ccccc21. The average Bonchev–Trinajstić information content (AvgIpc) is 3.61. The van der Waals surface area contributed by atoms with E-state index in [2.05, 4.69) is 22.4 Å². The topological polar surface area (TPSA) is 112 Å². The van der Waals surface area contributed by atoms with Crippen molar-refractivity contribution in [1.29, 1.82) is 0 Å². The van der Waals surface area contributed by atoms with Crippen LogP contribution < -0.4 is 5.32 Å². The Morgan fingerprint density at radius 2 is 1.71 bits per heavy atom. The molecule has 3 aromatic rings. The van der Waals surface area contributed by atoms with Gasteiger partial charge in [-0.3, -0.25) is 9.59 Å². The Bertz CT molecular complexity index is 1190. The highest BCUT2D eigenvalue weighted by molar-refractivity contribution is 5.87. The van der Waals surface area contributed by atoms with E-state index < -0.39 is 24.0 Å². The number of hydrogen-bond donors (Lipinski definition) is 3. The van der Waals surface area contributed by atoms with Gasteiger partial charge >= 0.3 is 12.1 Å². The monoisotopic (exact) mass is 473 g/mol. The van der Waals surface area contributed by atoms with Crippen LogP contribution in [-0.2, 0) is 20.7 Å². The zero-order valence-corrected chi connectivity index (χ0v) is 19.1. The van der Waals surface area contributed by atoms with Gasteiger partial charge < -0.3 is 25.0 Å². The number of H-pyrrole nitrogens is 1. The van der Waals surface area contributed by atoms with E-state index in [4.69, 9.17) is 4.74 Å². The van der Waals surface area contributed by atoms with Crippen molar-refractivity contribution in [3.05, 3.63) is 83.7 Å². The number of carboxylic acids is 1. The zero-order valence-electron chi connectivity index (χ0n) is 19.1. The molecule has 1 aliphatic heterocycles. The number of aromatic amines is 1. The van der Waals surface area contributed by atoms with Gasteiger partial charge in [-0.15, -0.1) is 0 Å². The third kappa shape index (κ3) is 4.64. The standard InChI is InChI=1S/C27H27N3O5/c31-25(30-13-11-17(15-30)26(32)33)24(14-18-6-5-12-28-18)29-27(34)35-16-23-21-9-3-1-7-19(21)20-8-2-4-10-22(20)23/h1-10,12,17,23-24,28H,11,13-16H2,(H,29,34)(H,32,33). The van der Waals surface area contributed by atoms with E-state index in [1.807, 2.05) is 48.5 Å². The van der Waals surface area contributed by atoms with Gasteiger partial charge in [0.05, 0.1) is 5.92 Å². The molecule has 2 unspecified atom stereocenters. The fourth-order valence-corrected chi connectivity index (χ4v) is 5.08. The van der Waals surface area contributed by atoms with Crippen molar-refractivity contribution < 1.29 is 24.2 Å². The second kappa shape index (κ2) is 9.66. The molecule has 8 heteroatoms. The number of carboxylic acid groups (broad SMARTS) is 1. The van der Waals surface area contributed by atoms with Crippen LogP contribution in [0, 0.1) is 5.92 Å². The van der Waals surface area contributed by atoms with Gasteiger partial charge in [0, 0.05) is 37.3 Å². The van der Waals surface area contributed by atoms with Crippen LogP contribution in [0.3, 0.4) is 0 Å². The normalized spacial score (nSPS) is 17.5. The molecule has 0 bridgehead atoms. The molecule has 2 amide bonds. The summed E-state index contributed by atoms with van der Waals surface area (Å²) in [5, 5.41) is 12.0. The number of hydrogen-bond acceptors (Lipinski definition) is 4. The molecule has 1 fully saturated rings. The lowest BCUT2D eigenvalue weighted by Gasteiger charge is -2.24. The Balaban J connectivity index is 1.27. The van der Waals surface area contributed by atoms with Crippen LogP contribution in [0.15, 0.2) is 66.9 Å². The molecular formula is C27H27N3O5. The Hall–Kier alpha value is -4.07. The molecule has 2 aromatic carbocycles. The van der Waals surface area contributed by atoms with Crippen molar-refractivity contribution in [1.82, 2.24) is 15.2 Å². The Kier molecular flexibility index (Phi) is 6.27. The van der Waals surface area contributed by atoms with Crippen LogP contribution >= 0.6 is 0 Å². The Labute approximate surface area is 202 Å². The highest BCUT2D eigenvalue weighted by Gasteiger charge is 2.35. The Morgan fingerprint density at radius 1 is 1.03 bits per heavy atom. The molecule has 35 heavy (non-hydrogen) atoms. The first-order valence-electron chi connectivity index (χ1n) is 11.8. The van der Waals surface area contributed by atoms with Gasteiger partial charge in [-0.1, -0.05) is 48.5 Å². The maximum atomic E-state index is 13.2. The van der Waals surface area contributed by atoms with Crippen molar-refractivity contribution in [2.24, 2.45) is 5.92 Å². The largest absolute Gasteiger partial charge is 0.481 e. The summed E-state index contributed by atoms with van der Waals surface area (Å²) in [5.41, 5.74) is 5.28. The smallest absolute Gasteiger partial charge is 0.407 e. The molecule has 1 saturated heterocycles. The minimum atomic E-state index is -0.911. The number of aliphatic carboxylic acids is 1. The number of rotatable bonds is 7. The number of aromatic nitrogens is 1. The number of alkyl carbamates (subject to hydrolysis) is 1. The maximum Gasteiger partial charge on any atom is 0.407 e. The number of benzene rings is 2. The second-order valence-electron chi connectivity index (χ2n) is 9.03. The highest BCUT2D eigenvalue weighted by atomic mass is 16.5. The molecule has 0 radical (unpaired) electrons. The van der Waals surface area contributed by atoms with Crippen molar-refractivity contribution >= 4 is 18.0 Å². The number of carbonyl (C=O) groups excluding carboxylic acids is 2. The van der Waals surface area contributed by atoms with Crippen LogP contribution in [0.4, 0.5) is 4.79 Å². The first kappa shape index (κ1) is 22.7. The van der Waals surface area contributed by atoms with Crippen LogP contribution in [0.1, 0.15) is 29.2 Å². The number of ether oxygens (including phenoxy) is 1. The summed E-state index contributed by atoms with van der Waals surface area (Å²) in [7, 11) is 0. The molecule has 2 atom stereocenters. The van der Waals surface area contributed by atoms with Crippen molar-refractivity contribution in [3.63, 3.8) is 0 Å². The third-order valence-corrected chi connectivity index (χ3v) is 6.87. The summed E-state index contributed by atoms with van der Waals surface area (Å²) in [5.74, 6) is -1.89. The molecule has 2 aliphatic rings. The summed E-state index contributed by atoms with van der Waals surface area (Å²) in [6, 6.07) is 19.0. The summed E-state index contributed by atoms with van der Waals surface area (Å²) < 4.78 is 5.64. The number of fused-ring (bicyclic) bond motifs is 3. The van der Waals surface area contributed by atoms with Crippen LogP contribution in [0.2, 0.25) is 0 Å². The fourth-order valence-electron chi connectivity index (χ4n) is 5.08. The first-order chi connectivity index (χ1) is 17.0. The summed E-state index contributed by atoms with van der Waals surface area (Å²) in [4.78, 5) is 42.0. The van der Waals surface area contributed by atoms with E-state index in [0.29, 0.717) is 13.0 Å². The molecule has 8 nitrogen and oxygen atoms in total. The number of nitrogens with zero attached hydrogens (tertiary/aromatic N) is 1. The molecule has 3 N–H and O–H groups in total. The minimum Gasteiger partial charge on any atom is -0.481 e. The van der Waals surface area contributed by atoms with Crippen molar-refractivity contribution in [2.75, 3.05) is 19.7 Å². The van der Waals surface area contributed by atoms with E-state index in [1.165, 1.54) is 4.90 Å². The van der Waals surface area contributed by atoms with Gasteiger partial charge in [0.1, 0.15) is 12.6 Å². The van der Waals surface area contributed by atoms with E-state index in [1.54, 1.807) is 6.20 Å². The highest BCUT2D eigenvalue weighted by Crippen LogP contribution is 2.44. The van der Waals surface area contributed by atoms with Crippen molar-refractivity contribution in [2.45, 2.75) is 24.8 Å². The van der Waals surface area contributed by atoms with E-state index in [-0.39, 0.29) is 31.4 Å². The number of carbonyl (C=O) groups is 3. The fraction of sp³-hybridized carbons (Fsp3) is 0.296. The van der Waals surface area contributed by atoms with E-state index in [0.717, 1.165) is 27.9 Å². The lowest BCUT2D eigenvalue weighted by atomic mass is 9.98. The van der Waals surface area contributed by atoms with Gasteiger partial charge in [0.2, 0.25) is 5.91 Å². The van der Waals surface area contributed by atoms with E-state index >= 15 is 0 Å². The molecule has 0 spiro atoms. The zero-order chi connectivity index (χ0) is 24.4. The van der Waals surface area contributed by atoms with Crippen LogP contribution in [-0.4, -0.2) is 58.7 Å². The molecule has 2 heterocycles. The number of amides is 2. The van der Waals surface area contributed by atoms with Gasteiger partial charge in [-0.2, -0.15) is 0 Å². The molecule has 1 aliphatic carbocycles. The lowest BCUT2D eigenvalue weighted by Crippen LogP contribution is -2.49. The predicted octanol–water partition coefficient (Wildman–Crippen LogP) is 3.40. The number of likely N-dealkylation sites (tertiary alicyclic amines) is 1. The van der Waals surface area contributed by atoms with Gasteiger partial charge in [-0.25, -0.2) is 4.79 Å². The van der Waals surface area contributed by atoms with Crippen molar-refractivity contribution in [3.8, 4) is 11.1 Å². The summed E-state index contributed by atoms with van der Waals surface area (Å²) in [6.45, 7) is 0.638.